The highest BCUT2D eigenvalue weighted by Gasteiger charge is 2.35. The molecule has 0 spiro atoms. The number of likely N-dealkylation sites (N-methyl/N-ethyl adjacent to an activating group) is 1. The maximum atomic E-state index is 13.8. The van der Waals surface area contributed by atoms with Crippen LogP contribution < -0.4 is 10.6 Å². The van der Waals surface area contributed by atoms with Gasteiger partial charge in [-0.05, 0) is 64.2 Å². The van der Waals surface area contributed by atoms with E-state index in [1.54, 1.807) is 32.5 Å². The number of carbonyl (C=O) groups is 3. The Morgan fingerprint density at radius 2 is 1.67 bits per heavy atom. The first-order valence-corrected chi connectivity index (χ1v) is 13.6. The van der Waals surface area contributed by atoms with E-state index in [1.807, 2.05) is 74.7 Å². The number of thioether (sulfide) groups is 1. The van der Waals surface area contributed by atoms with Crippen LogP contribution in [0.15, 0.2) is 54.6 Å². The largest absolute Gasteiger partial charge is 0.444 e. The van der Waals surface area contributed by atoms with Crippen LogP contribution in [0.3, 0.4) is 0 Å². The van der Waals surface area contributed by atoms with Gasteiger partial charge in [-0.1, -0.05) is 60.2 Å². The summed E-state index contributed by atoms with van der Waals surface area (Å²) in [6.45, 7) is 9.76. The zero-order valence-electron chi connectivity index (χ0n) is 22.2. The fraction of sp³-hybridized carbons (Fsp3) is 0.464. The molecule has 0 radical (unpaired) electrons. The average molecular weight is 514 g/mol. The van der Waals surface area contributed by atoms with Crippen molar-refractivity contribution < 1.29 is 19.1 Å². The topological polar surface area (TPSA) is 87.7 Å². The molecular formula is C28H39N3O4S. The summed E-state index contributed by atoms with van der Waals surface area (Å²) >= 11 is 1.58. The molecule has 0 fully saturated rings. The number of hydrogen-bond acceptors (Lipinski definition) is 5. The lowest BCUT2D eigenvalue weighted by molar-refractivity contribution is -0.142. The molecule has 2 aromatic rings. The third kappa shape index (κ3) is 9.22. The van der Waals surface area contributed by atoms with Gasteiger partial charge in [-0.3, -0.25) is 9.59 Å². The molecule has 0 aromatic heterocycles. The van der Waals surface area contributed by atoms with Crippen molar-refractivity contribution in [3.63, 3.8) is 0 Å². The second kappa shape index (κ2) is 13.9. The Morgan fingerprint density at radius 3 is 2.22 bits per heavy atom. The number of rotatable bonds is 11. The first-order chi connectivity index (χ1) is 17.1. The summed E-state index contributed by atoms with van der Waals surface area (Å²) in [6.07, 6.45) is 1.71. The molecule has 2 rings (SSSR count). The quantitative estimate of drug-likeness (QED) is 0.449. The van der Waals surface area contributed by atoms with Gasteiger partial charge in [-0.2, -0.15) is 11.8 Å². The molecule has 0 aliphatic heterocycles. The highest BCUT2D eigenvalue weighted by molar-refractivity contribution is 7.98. The third-order valence-corrected chi connectivity index (χ3v) is 6.13. The summed E-state index contributed by atoms with van der Waals surface area (Å²) in [6, 6.07) is 15.6. The molecule has 0 saturated heterocycles. The number of hydrogen-bond donors (Lipinski definition) is 2. The first-order valence-electron chi connectivity index (χ1n) is 12.2. The maximum absolute atomic E-state index is 13.8. The Hall–Kier alpha value is -3.00. The van der Waals surface area contributed by atoms with Crippen molar-refractivity contribution in [1.29, 1.82) is 0 Å². The second-order valence-electron chi connectivity index (χ2n) is 9.62. The Morgan fingerprint density at radius 1 is 1.03 bits per heavy atom. The molecule has 196 valence electrons. The molecule has 2 N–H and O–H groups in total. The number of benzene rings is 2. The molecule has 2 unspecified atom stereocenters. The molecule has 0 aliphatic rings. The van der Waals surface area contributed by atoms with Gasteiger partial charge in [0, 0.05) is 13.1 Å². The highest BCUT2D eigenvalue weighted by atomic mass is 32.2. The van der Waals surface area contributed by atoms with Crippen LogP contribution in [0.4, 0.5) is 4.79 Å². The molecule has 0 aliphatic carbocycles. The van der Waals surface area contributed by atoms with Gasteiger partial charge in [0.15, 0.2) is 0 Å². The van der Waals surface area contributed by atoms with E-state index in [1.165, 1.54) is 4.90 Å². The van der Waals surface area contributed by atoms with Gasteiger partial charge >= 0.3 is 6.09 Å². The van der Waals surface area contributed by atoms with Crippen LogP contribution >= 0.6 is 11.8 Å². The van der Waals surface area contributed by atoms with Gasteiger partial charge in [0.1, 0.15) is 17.7 Å². The Bertz CT molecular complexity index is 990. The van der Waals surface area contributed by atoms with E-state index in [2.05, 4.69) is 10.6 Å². The van der Waals surface area contributed by atoms with Crippen LogP contribution in [0.5, 0.6) is 0 Å². The van der Waals surface area contributed by atoms with Gasteiger partial charge in [0.2, 0.25) is 11.8 Å². The van der Waals surface area contributed by atoms with Crippen LogP contribution in [-0.4, -0.2) is 53.0 Å². The second-order valence-corrected chi connectivity index (χ2v) is 10.6. The maximum Gasteiger partial charge on any atom is 0.408 e. The number of carbonyl (C=O) groups excluding carboxylic acids is 3. The number of aryl methyl sites for hydroxylation is 1. The molecule has 36 heavy (non-hydrogen) atoms. The first kappa shape index (κ1) is 29.2. The van der Waals surface area contributed by atoms with E-state index in [-0.39, 0.29) is 11.8 Å². The molecule has 3 amide bonds. The number of ether oxygens (including phenoxy) is 1. The number of alkyl carbamates (subject to hydrolysis) is 1. The minimum atomic E-state index is -0.843. The summed E-state index contributed by atoms with van der Waals surface area (Å²) < 4.78 is 5.40. The lowest BCUT2D eigenvalue weighted by Crippen LogP contribution is -2.53. The van der Waals surface area contributed by atoms with E-state index in [0.29, 0.717) is 30.8 Å². The van der Waals surface area contributed by atoms with Crippen LogP contribution in [0.1, 0.15) is 56.8 Å². The van der Waals surface area contributed by atoms with Gasteiger partial charge in [-0.25, -0.2) is 4.79 Å². The zero-order valence-corrected chi connectivity index (χ0v) is 23.0. The van der Waals surface area contributed by atoms with Gasteiger partial charge in [0.05, 0.1) is 0 Å². The molecule has 2 aromatic carbocycles. The molecule has 8 heteroatoms. The average Bonchev–Trinajstić information content (AvgIpc) is 2.83. The molecular weight excluding hydrogens is 474 g/mol. The minimum absolute atomic E-state index is 0.279. The number of nitrogens with one attached hydrogen (secondary N) is 2. The van der Waals surface area contributed by atoms with Crippen molar-refractivity contribution in [2.45, 2.75) is 65.3 Å². The van der Waals surface area contributed by atoms with Crippen LogP contribution in [-0.2, 0) is 20.9 Å². The van der Waals surface area contributed by atoms with Gasteiger partial charge in [-0.15, -0.1) is 0 Å². The lowest BCUT2D eigenvalue weighted by Gasteiger charge is -2.33. The predicted molar refractivity (Wildman–Crippen MR) is 146 cm³/mol. The fourth-order valence-corrected chi connectivity index (χ4v) is 4.18. The monoisotopic (exact) mass is 513 g/mol. The molecule has 2 atom stereocenters. The van der Waals surface area contributed by atoms with Crippen molar-refractivity contribution in [2.24, 2.45) is 0 Å². The summed E-state index contributed by atoms with van der Waals surface area (Å²) in [7, 11) is 0. The van der Waals surface area contributed by atoms with E-state index >= 15 is 0 Å². The van der Waals surface area contributed by atoms with Crippen molar-refractivity contribution in [3.05, 3.63) is 71.3 Å². The minimum Gasteiger partial charge on any atom is -0.444 e. The SMILES string of the molecule is CCN(C(=O)C(CCSC)NC(=O)OC(C)(C)C)C(C(=O)NCc1ccccc1)c1ccc(C)cc1. The predicted octanol–water partition coefficient (Wildman–Crippen LogP) is 4.85. The Kier molecular flexibility index (Phi) is 11.3. The summed E-state index contributed by atoms with van der Waals surface area (Å²) in [5.41, 5.74) is 2.04. The normalized spacial score (nSPS) is 12.8. The summed E-state index contributed by atoms with van der Waals surface area (Å²) in [5.74, 6) is 0.0655. The van der Waals surface area contributed by atoms with Crippen molar-refractivity contribution >= 4 is 29.7 Å². The van der Waals surface area contributed by atoms with Crippen LogP contribution in [0, 0.1) is 6.92 Å². The molecule has 0 saturated carbocycles. The standard InChI is InChI=1S/C28H39N3O4S/c1-7-31(26(33)23(17-18-36-6)30-27(34)35-28(3,4)5)24(22-15-13-20(2)14-16-22)25(32)29-19-21-11-9-8-10-12-21/h8-16,23-24H,7,17-19H2,1-6H3,(H,29,32)(H,30,34). The molecule has 0 heterocycles. The van der Waals surface area contributed by atoms with E-state index < -0.39 is 23.8 Å². The van der Waals surface area contributed by atoms with Crippen LogP contribution in [0.25, 0.3) is 0 Å². The summed E-state index contributed by atoms with van der Waals surface area (Å²) in [5, 5.41) is 5.72. The number of amides is 3. The highest BCUT2D eigenvalue weighted by Crippen LogP contribution is 2.24. The van der Waals surface area contributed by atoms with E-state index in [9.17, 15) is 14.4 Å². The van der Waals surface area contributed by atoms with Crippen molar-refractivity contribution in [1.82, 2.24) is 15.5 Å². The zero-order chi connectivity index (χ0) is 26.7. The van der Waals surface area contributed by atoms with Gasteiger partial charge in [0.25, 0.3) is 0 Å². The third-order valence-electron chi connectivity index (χ3n) is 5.49. The smallest absolute Gasteiger partial charge is 0.408 e. The molecule has 7 nitrogen and oxygen atoms in total. The summed E-state index contributed by atoms with van der Waals surface area (Å²) in [4.78, 5) is 41.4. The van der Waals surface area contributed by atoms with Crippen molar-refractivity contribution in [2.75, 3.05) is 18.6 Å². The Balaban J connectivity index is 2.34. The fourth-order valence-electron chi connectivity index (χ4n) is 3.71. The van der Waals surface area contributed by atoms with Crippen LogP contribution in [0.2, 0.25) is 0 Å². The number of nitrogens with zero attached hydrogens (tertiary/aromatic N) is 1. The van der Waals surface area contributed by atoms with Crippen molar-refractivity contribution in [3.8, 4) is 0 Å². The molecule has 0 bridgehead atoms. The lowest BCUT2D eigenvalue weighted by atomic mass is 10.0. The van der Waals surface area contributed by atoms with E-state index in [0.717, 1.165) is 11.1 Å². The van der Waals surface area contributed by atoms with Gasteiger partial charge < -0.3 is 20.3 Å². The van der Waals surface area contributed by atoms with E-state index in [4.69, 9.17) is 4.74 Å². The Labute approximate surface area is 219 Å².